The molecule has 8 aliphatic rings. The van der Waals surface area contributed by atoms with Crippen molar-refractivity contribution in [3.05, 3.63) is 35.5 Å². The zero-order valence-electron chi connectivity index (χ0n) is 28.8. The molecule has 8 rings (SSSR count). The minimum atomic E-state index is -1.56. The number of ketones is 3. The average Bonchev–Trinajstić information content (AvgIpc) is 3.49. The Hall–Kier alpha value is -1.93. The topological polar surface area (TPSA) is 132 Å². The van der Waals surface area contributed by atoms with Crippen LogP contribution in [0.3, 0.4) is 0 Å². The van der Waals surface area contributed by atoms with Gasteiger partial charge in [0.15, 0.2) is 11.6 Å². The van der Waals surface area contributed by atoms with Crippen molar-refractivity contribution in [1.29, 1.82) is 0 Å². The number of aliphatic hydroxyl groups excluding tert-OH is 3. The van der Waals surface area contributed by atoms with Crippen molar-refractivity contribution < 1.29 is 34.8 Å². The number of Topliss-reactive ketones (excluding diaryl/α,β-unsaturated/α-hetero) is 2. The summed E-state index contributed by atoms with van der Waals surface area (Å²) in [6, 6.07) is 0. The van der Waals surface area contributed by atoms with Crippen LogP contribution in [0.1, 0.15) is 111 Å². The number of rotatable bonds is 2. The lowest BCUT2D eigenvalue weighted by Gasteiger charge is -2.59. The smallest absolute Gasteiger partial charge is 0.190 e. The van der Waals surface area contributed by atoms with Crippen LogP contribution in [0.25, 0.3) is 0 Å². The fourth-order valence-electron chi connectivity index (χ4n) is 13.3. The van der Waals surface area contributed by atoms with Gasteiger partial charge in [0.2, 0.25) is 0 Å². The van der Waals surface area contributed by atoms with Crippen LogP contribution in [0.15, 0.2) is 35.5 Å². The van der Waals surface area contributed by atoms with Crippen LogP contribution in [-0.4, -0.2) is 62.2 Å². The van der Waals surface area contributed by atoms with Crippen LogP contribution >= 0.6 is 0 Å². The van der Waals surface area contributed by atoms with Crippen molar-refractivity contribution in [3.63, 3.8) is 0 Å². The van der Waals surface area contributed by atoms with Crippen LogP contribution in [0, 0.1) is 57.2 Å². The summed E-state index contributed by atoms with van der Waals surface area (Å²) in [7, 11) is 0. The molecule has 7 heteroatoms. The van der Waals surface area contributed by atoms with Crippen molar-refractivity contribution in [2.45, 2.75) is 129 Å². The van der Waals surface area contributed by atoms with E-state index in [0.29, 0.717) is 35.9 Å². The molecule has 0 radical (unpaired) electrons. The van der Waals surface area contributed by atoms with E-state index < -0.39 is 29.5 Å². The lowest BCUT2D eigenvalue weighted by Crippen LogP contribution is -2.61. The van der Waals surface area contributed by atoms with Crippen LogP contribution in [0.5, 0.6) is 0 Å². The standard InChI is InChI=1S/C21H28O5.C19H28O2/c1-19-7-5-13(23)9-12(19)3-4-14-15-6-8-21(26,17(25)11-22)20(15,2)10-16(24)18(14)19;1-18-9-7-13(20)11-12(18)3-4-14-15-5-6-17(21)19(15,2)10-8-16(14)18/h5,7,9,14-16,18,22,24,26H,3-4,6,8,10-11H2,1-2H3;3,13-16,20H,4-11H2,1-2H3/t14-,15-,16-,18+,19-,20-,21-;13-,14-,15-,16-,18-,19-/m00/s1. The van der Waals surface area contributed by atoms with Crippen LogP contribution in [0.2, 0.25) is 0 Å². The monoisotopic (exact) mass is 648 g/mol. The van der Waals surface area contributed by atoms with Gasteiger partial charge in [-0.05, 0) is 124 Å². The number of allylic oxidation sites excluding steroid dienone is 5. The molecule has 0 aromatic carbocycles. The summed E-state index contributed by atoms with van der Waals surface area (Å²) < 4.78 is 0. The van der Waals surface area contributed by atoms with E-state index in [1.165, 1.54) is 12.0 Å². The highest BCUT2D eigenvalue weighted by molar-refractivity contribution is 6.01. The predicted molar refractivity (Wildman–Crippen MR) is 178 cm³/mol. The number of carbonyl (C=O) groups is 3. The van der Waals surface area contributed by atoms with Gasteiger partial charge in [0.1, 0.15) is 18.0 Å². The summed E-state index contributed by atoms with van der Waals surface area (Å²) in [6.45, 7) is 8.03. The number of fused-ring (bicyclic) bond motifs is 10. The number of hydrogen-bond acceptors (Lipinski definition) is 7. The maximum atomic E-state index is 12.4. The highest BCUT2D eigenvalue weighted by Gasteiger charge is 2.68. The molecule has 0 amide bonds. The number of aliphatic hydroxyl groups is 4. The zero-order chi connectivity index (χ0) is 33.7. The van der Waals surface area contributed by atoms with Gasteiger partial charge in [-0.3, -0.25) is 14.4 Å². The Morgan fingerprint density at radius 3 is 2.30 bits per heavy atom. The highest BCUT2D eigenvalue weighted by atomic mass is 16.3. The van der Waals surface area contributed by atoms with Gasteiger partial charge in [-0.15, -0.1) is 0 Å². The van der Waals surface area contributed by atoms with Gasteiger partial charge >= 0.3 is 0 Å². The molecule has 4 N–H and O–H groups in total. The van der Waals surface area contributed by atoms with Crippen molar-refractivity contribution >= 4 is 17.3 Å². The molecule has 7 nitrogen and oxygen atoms in total. The molecule has 0 saturated heterocycles. The molecule has 13 atom stereocenters. The summed E-state index contributed by atoms with van der Waals surface area (Å²) in [5, 5.41) is 41.7. The minimum Gasteiger partial charge on any atom is -0.393 e. The summed E-state index contributed by atoms with van der Waals surface area (Å²) >= 11 is 0. The van der Waals surface area contributed by atoms with E-state index in [-0.39, 0.29) is 40.5 Å². The molecule has 0 aromatic heterocycles. The lowest BCUT2D eigenvalue weighted by atomic mass is 9.46. The first-order valence-electron chi connectivity index (χ1n) is 18.5. The number of carbonyl (C=O) groups excluding carboxylic acids is 3. The third-order valence-electron chi connectivity index (χ3n) is 16.0. The Morgan fingerprint density at radius 1 is 0.851 bits per heavy atom. The van der Waals surface area contributed by atoms with Gasteiger partial charge in [0.25, 0.3) is 0 Å². The quantitative estimate of drug-likeness (QED) is 0.294. The fraction of sp³-hybridized carbons (Fsp3) is 0.775. The fourth-order valence-corrected chi connectivity index (χ4v) is 13.3. The van der Waals surface area contributed by atoms with E-state index in [0.717, 1.165) is 75.7 Å². The van der Waals surface area contributed by atoms with Crippen molar-refractivity contribution in [3.8, 4) is 0 Å². The summed E-state index contributed by atoms with van der Waals surface area (Å²) in [5.41, 5.74) is 0.266. The second-order valence-electron chi connectivity index (χ2n) is 17.8. The van der Waals surface area contributed by atoms with E-state index >= 15 is 0 Å². The Bertz CT molecular complexity index is 1440. The van der Waals surface area contributed by atoms with Crippen molar-refractivity contribution in [2.24, 2.45) is 57.2 Å². The first-order chi connectivity index (χ1) is 22.1. The highest BCUT2D eigenvalue weighted by Crippen LogP contribution is 2.67. The van der Waals surface area contributed by atoms with E-state index in [9.17, 15) is 34.8 Å². The Balaban J connectivity index is 0.000000153. The SMILES string of the molecule is C[C@]12C=CC(=O)C=C1CC[C@@H]1[C@@H]2[C@@H](O)C[C@@]2(C)[C@H]1CC[C@]2(O)C(=O)CO.C[C@]12CC[C@H](O)CC1=CC[C@@H]1[C@@H]2CC[C@]2(C)C(=O)CC[C@@H]12. The van der Waals surface area contributed by atoms with Crippen molar-refractivity contribution in [2.75, 3.05) is 6.61 Å². The van der Waals surface area contributed by atoms with Gasteiger partial charge in [-0.2, -0.15) is 0 Å². The van der Waals surface area contributed by atoms with E-state index in [1.807, 2.05) is 13.0 Å². The summed E-state index contributed by atoms with van der Waals surface area (Å²) in [6.07, 6.45) is 18.4. The van der Waals surface area contributed by atoms with E-state index in [4.69, 9.17) is 0 Å². The Labute approximate surface area is 280 Å². The van der Waals surface area contributed by atoms with Gasteiger partial charge in [-0.1, -0.05) is 51.0 Å². The molecule has 8 aliphatic carbocycles. The van der Waals surface area contributed by atoms with Crippen LogP contribution < -0.4 is 0 Å². The largest absolute Gasteiger partial charge is 0.393 e. The molecule has 47 heavy (non-hydrogen) atoms. The molecular formula is C40H56O7. The second kappa shape index (κ2) is 11.3. The third kappa shape index (κ3) is 4.68. The van der Waals surface area contributed by atoms with Crippen LogP contribution in [0.4, 0.5) is 0 Å². The summed E-state index contributed by atoms with van der Waals surface area (Å²) in [5.74, 6) is 2.37. The first-order valence-corrected chi connectivity index (χ1v) is 18.5. The first kappa shape index (κ1) is 33.6. The molecule has 0 aliphatic heterocycles. The second-order valence-corrected chi connectivity index (χ2v) is 17.8. The minimum absolute atomic E-state index is 0.00912. The van der Waals surface area contributed by atoms with Gasteiger partial charge in [0, 0.05) is 28.6 Å². The molecular weight excluding hydrogens is 592 g/mol. The molecule has 6 fully saturated rings. The van der Waals surface area contributed by atoms with Crippen LogP contribution in [-0.2, 0) is 14.4 Å². The third-order valence-corrected chi connectivity index (χ3v) is 16.0. The lowest BCUT2D eigenvalue weighted by molar-refractivity contribution is -0.178. The molecule has 0 aromatic rings. The zero-order valence-corrected chi connectivity index (χ0v) is 28.8. The number of hydrogen-bond donors (Lipinski definition) is 4. The Morgan fingerprint density at radius 2 is 1.55 bits per heavy atom. The molecule has 258 valence electrons. The summed E-state index contributed by atoms with van der Waals surface area (Å²) in [4.78, 5) is 36.5. The van der Waals surface area contributed by atoms with Crippen molar-refractivity contribution in [1.82, 2.24) is 0 Å². The maximum absolute atomic E-state index is 12.4. The average molecular weight is 649 g/mol. The van der Waals surface area contributed by atoms with Gasteiger partial charge < -0.3 is 20.4 Å². The molecule has 0 heterocycles. The molecule has 0 bridgehead atoms. The maximum Gasteiger partial charge on any atom is 0.190 e. The van der Waals surface area contributed by atoms with E-state index in [2.05, 4.69) is 26.8 Å². The molecule has 6 saturated carbocycles. The predicted octanol–water partition coefficient (Wildman–Crippen LogP) is 5.44. The normalized spacial score (nSPS) is 51.1. The van der Waals surface area contributed by atoms with Gasteiger partial charge in [0.05, 0.1) is 12.2 Å². The Kier molecular flexibility index (Phi) is 8.07. The van der Waals surface area contributed by atoms with E-state index in [1.54, 1.807) is 12.2 Å². The molecule has 0 spiro atoms. The molecule has 0 unspecified atom stereocenters. The van der Waals surface area contributed by atoms with Gasteiger partial charge in [-0.25, -0.2) is 0 Å².